The smallest absolute Gasteiger partial charge is 0.159 e. The molecule has 2 aliphatic rings. The molecule has 116 valence electrons. The number of halogens is 1. The predicted octanol–water partition coefficient (Wildman–Crippen LogP) is 4.85. The highest BCUT2D eigenvalue weighted by atomic mass is 19.1. The summed E-state index contributed by atoms with van der Waals surface area (Å²) in [7, 11) is 0. The normalized spacial score (nSPS) is 24.7. The largest absolute Gasteiger partial charge is 0.378 e. The second kappa shape index (κ2) is 5.34. The fraction of sp³-hybridized carbons (Fsp3) is 0.250. The van der Waals surface area contributed by atoms with Gasteiger partial charge >= 0.3 is 0 Å². The van der Waals surface area contributed by atoms with Crippen molar-refractivity contribution in [2.24, 2.45) is 5.92 Å². The molecule has 0 bridgehead atoms. The number of hydrogen-bond donors (Lipinski definition) is 1. The molecule has 2 nitrogen and oxygen atoms in total. The van der Waals surface area contributed by atoms with Gasteiger partial charge in [-0.15, -0.1) is 0 Å². The molecule has 0 saturated heterocycles. The summed E-state index contributed by atoms with van der Waals surface area (Å²) in [6.45, 7) is 1.60. The Morgan fingerprint density at radius 1 is 1.17 bits per heavy atom. The minimum absolute atomic E-state index is 0.0898. The zero-order valence-electron chi connectivity index (χ0n) is 12.9. The standard InChI is InChI=1S/C20H18FNO/c1-12(23)14-7-10-19-18(11-14)16-3-2-4-17(16)20(22-19)13-5-8-15(21)9-6-13/h2-3,5-11,16-17,20,22H,4H2,1H3/t16-,17+,20-/m0/s1. The van der Waals surface area contributed by atoms with Crippen LogP contribution in [0.5, 0.6) is 0 Å². The summed E-state index contributed by atoms with van der Waals surface area (Å²) in [4.78, 5) is 11.7. The van der Waals surface area contributed by atoms with E-state index in [1.165, 1.54) is 17.7 Å². The Morgan fingerprint density at radius 2 is 1.96 bits per heavy atom. The molecule has 0 saturated carbocycles. The van der Waals surface area contributed by atoms with Crippen molar-refractivity contribution in [1.29, 1.82) is 0 Å². The number of fused-ring (bicyclic) bond motifs is 3. The predicted molar refractivity (Wildman–Crippen MR) is 89.2 cm³/mol. The summed E-state index contributed by atoms with van der Waals surface area (Å²) >= 11 is 0. The van der Waals surface area contributed by atoms with Gasteiger partial charge in [-0.2, -0.15) is 0 Å². The fourth-order valence-electron chi connectivity index (χ4n) is 3.81. The van der Waals surface area contributed by atoms with Crippen molar-refractivity contribution < 1.29 is 9.18 Å². The zero-order chi connectivity index (χ0) is 16.0. The lowest BCUT2D eigenvalue weighted by molar-refractivity contribution is 0.101. The summed E-state index contributed by atoms with van der Waals surface area (Å²) in [5.74, 6) is 0.583. The summed E-state index contributed by atoms with van der Waals surface area (Å²) in [5, 5.41) is 3.60. The second-order valence-electron chi connectivity index (χ2n) is 6.39. The monoisotopic (exact) mass is 307 g/mol. The molecule has 23 heavy (non-hydrogen) atoms. The molecule has 0 unspecified atom stereocenters. The molecule has 4 rings (SSSR count). The van der Waals surface area contributed by atoms with Gasteiger partial charge in [-0.25, -0.2) is 4.39 Å². The van der Waals surface area contributed by atoms with Crippen LogP contribution in [-0.2, 0) is 0 Å². The molecule has 2 aromatic rings. The van der Waals surface area contributed by atoms with Crippen LogP contribution in [0.2, 0.25) is 0 Å². The van der Waals surface area contributed by atoms with E-state index in [2.05, 4.69) is 17.5 Å². The maximum absolute atomic E-state index is 13.2. The van der Waals surface area contributed by atoms with Crippen LogP contribution in [0.4, 0.5) is 10.1 Å². The molecule has 3 atom stereocenters. The molecule has 1 aliphatic carbocycles. The van der Waals surface area contributed by atoms with Crippen molar-refractivity contribution in [3.05, 3.63) is 77.1 Å². The molecule has 0 amide bonds. The van der Waals surface area contributed by atoms with E-state index in [1.54, 1.807) is 6.92 Å². The molecular formula is C20H18FNO. The molecule has 0 spiro atoms. The minimum atomic E-state index is -0.211. The SMILES string of the molecule is CC(=O)c1ccc2c(c1)[C@H]1C=CC[C@H]1[C@H](c1ccc(F)cc1)N2. The number of nitrogens with one attached hydrogen (secondary N) is 1. The van der Waals surface area contributed by atoms with Crippen LogP contribution in [0, 0.1) is 11.7 Å². The lowest BCUT2D eigenvalue weighted by Gasteiger charge is -2.37. The lowest BCUT2D eigenvalue weighted by atomic mass is 9.76. The van der Waals surface area contributed by atoms with Crippen molar-refractivity contribution in [3.63, 3.8) is 0 Å². The van der Waals surface area contributed by atoms with Gasteiger partial charge in [0.2, 0.25) is 0 Å². The van der Waals surface area contributed by atoms with E-state index in [9.17, 15) is 9.18 Å². The van der Waals surface area contributed by atoms with Gasteiger partial charge in [0.25, 0.3) is 0 Å². The maximum atomic E-state index is 13.2. The van der Waals surface area contributed by atoms with Crippen LogP contribution in [0.25, 0.3) is 0 Å². The third-order valence-corrected chi connectivity index (χ3v) is 5.00. The van der Waals surface area contributed by atoms with Crippen LogP contribution in [0.1, 0.15) is 46.8 Å². The van der Waals surface area contributed by atoms with E-state index in [4.69, 9.17) is 0 Å². The lowest BCUT2D eigenvalue weighted by Crippen LogP contribution is -2.29. The number of hydrogen-bond acceptors (Lipinski definition) is 2. The van der Waals surface area contributed by atoms with Crippen molar-refractivity contribution in [2.45, 2.75) is 25.3 Å². The van der Waals surface area contributed by atoms with Crippen LogP contribution < -0.4 is 5.32 Å². The van der Waals surface area contributed by atoms with E-state index in [0.717, 1.165) is 23.2 Å². The summed E-state index contributed by atoms with van der Waals surface area (Å²) in [6.07, 6.45) is 5.44. The first-order valence-corrected chi connectivity index (χ1v) is 7.97. The van der Waals surface area contributed by atoms with Gasteiger partial charge in [0.15, 0.2) is 5.78 Å². The summed E-state index contributed by atoms with van der Waals surface area (Å²) in [5.41, 5.74) is 4.11. The average molecular weight is 307 g/mol. The van der Waals surface area contributed by atoms with Gasteiger partial charge in [-0.3, -0.25) is 4.79 Å². The molecule has 3 heteroatoms. The van der Waals surface area contributed by atoms with Gasteiger partial charge in [0.05, 0.1) is 6.04 Å². The first-order valence-electron chi connectivity index (χ1n) is 7.97. The highest BCUT2D eigenvalue weighted by Gasteiger charge is 2.37. The number of carbonyl (C=O) groups excluding carboxylic acids is 1. The van der Waals surface area contributed by atoms with Crippen LogP contribution in [0.3, 0.4) is 0 Å². The van der Waals surface area contributed by atoms with Gasteiger partial charge in [0.1, 0.15) is 5.82 Å². The highest BCUT2D eigenvalue weighted by molar-refractivity contribution is 5.95. The van der Waals surface area contributed by atoms with E-state index < -0.39 is 0 Å². The Bertz CT molecular complexity index is 794. The number of carbonyl (C=O) groups is 1. The molecule has 0 aromatic heterocycles. The highest BCUT2D eigenvalue weighted by Crippen LogP contribution is 2.49. The maximum Gasteiger partial charge on any atom is 0.159 e. The third-order valence-electron chi connectivity index (χ3n) is 5.00. The van der Waals surface area contributed by atoms with Crippen molar-refractivity contribution in [1.82, 2.24) is 0 Å². The molecule has 1 N–H and O–H groups in total. The number of Topliss-reactive ketones (excluding diaryl/α,β-unsaturated/α-hetero) is 1. The Hall–Kier alpha value is -2.42. The number of benzene rings is 2. The van der Waals surface area contributed by atoms with E-state index in [0.29, 0.717) is 11.8 Å². The van der Waals surface area contributed by atoms with Gasteiger partial charge in [-0.1, -0.05) is 24.3 Å². The minimum Gasteiger partial charge on any atom is -0.378 e. The number of ketones is 1. The quantitative estimate of drug-likeness (QED) is 0.634. The van der Waals surface area contributed by atoms with Gasteiger partial charge in [-0.05, 0) is 60.7 Å². The van der Waals surface area contributed by atoms with E-state index >= 15 is 0 Å². The van der Waals surface area contributed by atoms with Crippen LogP contribution >= 0.6 is 0 Å². The number of rotatable bonds is 2. The number of allylic oxidation sites excluding steroid dienone is 2. The van der Waals surface area contributed by atoms with Gasteiger partial charge in [0, 0.05) is 17.2 Å². The second-order valence-corrected chi connectivity index (χ2v) is 6.39. The Kier molecular flexibility index (Phi) is 3.29. The Balaban J connectivity index is 1.77. The Morgan fingerprint density at radius 3 is 2.70 bits per heavy atom. The summed E-state index contributed by atoms with van der Waals surface area (Å²) < 4.78 is 13.2. The number of anilines is 1. The zero-order valence-corrected chi connectivity index (χ0v) is 12.9. The average Bonchev–Trinajstić information content (AvgIpc) is 3.04. The molecule has 1 aliphatic heterocycles. The van der Waals surface area contributed by atoms with Crippen molar-refractivity contribution >= 4 is 11.5 Å². The Labute approximate surface area is 135 Å². The fourth-order valence-corrected chi connectivity index (χ4v) is 3.81. The molecule has 0 fully saturated rings. The first-order chi connectivity index (χ1) is 11.1. The molecular weight excluding hydrogens is 289 g/mol. The van der Waals surface area contributed by atoms with Gasteiger partial charge < -0.3 is 5.32 Å². The first kappa shape index (κ1) is 14.2. The van der Waals surface area contributed by atoms with Crippen LogP contribution in [-0.4, -0.2) is 5.78 Å². The third kappa shape index (κ3) is 2.37. The van der Waals surface area contributed by atoms with E-state index in [-0.39, 0.29) is 17.6 Å². The van der Waals surface area contributed by atoms with E-state index in [1.807, 2.05) is 30.3 Å². The van der Waals surface area contributed by atoms with Crippen molar-refractivity contribution in [2.75, 3.05) is 5.32 Å². The molecule has 1 heterocycles. The van der Waals surface area contributed by atoms with Crippen LogP contribution in [0.15, 0.2) is 54.6 Å². The topological polar surface area (TPSA) is 29.1 Å². The molecule has 2 aromatic carbocycles. The molecule has 0 radical (unpaired) electrons. The summed E-state index contributed by atoms with van der Waals surface area (Å²) in [6, 6.07) is 12.8. The van der Waals surface area contributed by atoms with Crippen molar-refractivity contribution in [3.8, 4) is 0 Å².